The number of nitrogens with zero attached hydrogens (tertiary/aromatic N) is 3. The number of hydrogen-bond acceptors (Lipinski definition) is 4. The average Bonchev–Trinajstić information content (AvgIpc) is 2.53. The zero-order valence-electron chi connectivity index (χ0n) is 13.8. The second-order valence-electron chi connectivity index (χ2n) is 6.77. The lowest BCUT2D eigenvalue weighted by atomic mass is 10.0. The molecule has 2 aliphatic rings. The lowest BCUT2D eigenvalue weighted by molar-refractivity contribution is -0.133. The van der Waals surface area contributed by atoms with Crippen LogP contribution in [-0.4, -0.2) is 79.5 Å². The van der Waals surface area contributed by atoms with Crippen LogP contribution in [0.25, 0.3) is 0 Å². The molecule has 1 atom stereocenters. The zero-order chi connectivity index (χ0) is 15.2. The molecule has 1 amide bonds. The molecule has 2 rings (SSSR count). The van der Waals surface area contributed by atoms with Gasteiger partial charge < -0.3 is 15.5 Å². The Labute approximate surface area is 129 Å². The predicted octanol–water partition coefficient (Wildman–Crippen LogP) is 0.742. The molecule has 0 aliphatic carbocycles. The monoisotopic (exact) mass is 296 g/mol. The molecule has 122 valence electrons. The topological polar surface area (TPSA) is 52.8 Å². The predicted molar refractivity (Wildman–Crippen MR) is 86.2 cm³/mol. The van der Waals surface area contributed by atoms with Crippen molar-refractivity contribution in [3.63, 3.8) is 0 Å². The van der Waals surface area contributed by atoms with E-state index < -0.39 is 0 Å². The van der Waals surface area contributed by atoms with E-state index in [0.29, 0.717) is 24.9 Å². The molecule has 21 heavy (non-hydrogen) atoms. The SMILES string of the molecule is CN(C)C1CCN(C(CN)CC(=O)N2CCCCC2)CC1. The smallest absolute Gasteiger partial charge is 0.224 e. The molecule has 0 radical (unpaired) electrons. The van der Waals surface area contributed by atoms with Crippen LogP contribution in [0.1, 0.15) is 38.5 Å². The molecular weight excluding hydrogens is 264 g/mol. The minimum atomic E-state index is 0.225. The molecule has 0 aromatic carbocycles. The number of amides is 1. The number of nitrogens with two attached hydrogens (primary N) is 1. The Morgan fingerprint density at radius 2 is 1.76 bits per heavy atom. The van der Waals surface area contributed by atoms with Gasteiger partial charge in [0.1, 0.15) is 0 Å². The molecule has 0 aromatic rings. The van der Waals surface area contributed by atoms with Crippen LogP contribution in [0.2, 0.25) is 0 Å². The highest BCUT2D eigenvalue weighted by molar-refractivity contribution is 5.77. The van der Waals surface area contributed by atoms with Crippen LogP contribution < -0.4 is 5.73 Å². The van der Waals surface area contributed by atoms with Gasteiger partial charge in [0, 0.05) is 38.1 Å². The Hall–Kier alpha value is -0.650. The number of hydrogen-bond donors (Lipinski definition) is 1. The largest absolute Gasteiger partial charge is 0.343 e. The molecule has 0 saturated carbocycles. The number of piperidine rings is 2. The molecule has 5 nitrogen and oxygen atoms in total. The summed E-state index contributed by atoms with van der Waals surface area (Å²) in [4.78, 5) is 19.2. The number of carbonyl (C=O) groups excluding carboxylic acids is 1. The van der Waals surface area contributed by atoms with Crippen LogP contribution in [0, 0.1) is 0 Å². The van der Waals surface area contributed by atoms with Gasteiger partial charge >= 0.3 is 0 Å². The van der Waals surface area contributed by atoms with Crippen LogP contribution in [-0.2, 0) is 4.79 Å². The molecule has 2 fully saturated rings. The maximum absolute atomic E-state index is 12.4. The fraction of sp³-hybridized carbons (Fsp3) is 0.938. The van der Waals surface area contributed by atoms with Crippen molar-refractivity contribution in [2.24, 2.45) is 5.73 Å². The number of carbonyl (C=O) groups is 1. The van der Waals surface area contributed by atoms with E-state index in [1.165, 1.54) is 19.3 Å². The van der Waals surface area contributed by atoms with Crippen molar-refractivity contribution < 1.29 is 4.79 Å². The van der Waals surface area contributed by atoms with Gasteiger partial charge in [0.15, 0.2) is 0 Å². The van der Waals surface area contributed by atoms with E-state index in [2.05, 4.69) is 23.9 Å². The minimum absolute atomic E-state index is 0.225. The third kappa shape index (κ3) is 4.66. The third-order valence-corrected chi connectivity index (χ3v) is 5.14. The highest BCUT2D eigenvalue weighted by Gasteiger charge is 2.28. The van der Waals surface area contributed by atoms with Crippen molar-refractivity contribution in [1.82, 2.24) is 14.7 Å². The molecule has 2 aliphatic heterocycles. The second-order valence-corrected chi connectivity index (χ2v) is 6.77. The number of rotatable bonds is 5. The van der Waals surface area contributed by atoms with Crippen molar-refractivity contribution in [3.05, 3.63) is 0 Å². The molecule has 2 heterocycles. The van der Waals surface area contributed by atoms with E-state index in [0.717, 1.165) is 39.0 Å². The highest BCUT2D eigenvalue weighted by atomic mass is 16.2. The summed E-state index contributed by atoms with van der Waals surface area (Å²) in [6, 6.07) is 0.903. The highest BCUT2D eigenvalue weighted by Crippen LogP contribution is 2.19. The molecule has 5 heteroatoms. The van der Waals surface area contributed by atoms with Gasteiger partial charge in [-0.2, -0.15) is 0 Å². The standard InChI is InChI=1S/C16H32N4O/c1-18(2)14-6-10-19(11-7-14)15(13-17)12-16(21)20-8-4-3-5-9-20/h14-15H,3-13,17H2,1-2H3. The Kier molecular flexibility index (Phi) is 6.45. The first kappa shape index (κ1) is 16.7. The minimum Gasteiger partial charge on any atom is -0.343 e. The summed E-state index contributed by atoms with van der Waals surface area (Å²) in [5, 5.41) is 0. The fourth-order valence-electron chi connectivity index (χ4n) is 3.60. The lowest BCUT2D eigenvalue weighted by Gasteiger charge is -2.39. The van der Waals surface area contributed by atoms with Gasteiger partial charge in [-0.3, -0.25) is 9.69 Å². The van der Waals surface area contributed by atoms with Gasteiger partial charge in [0.25, 0.3) is 0 Å². The maximum atomic E-state index is 12.4. The summed E-state index contributed by atoms with van der Waals surface area (Å²) in [7, 11) is 4.31. The summed E-state index contributed by atoms with van der Waals surface area (Å²) in [5.41, 5.74) is 5.95. The van der Waals surface area contributed by atoms with E-state index in [1.54, 1.807) is 0 Å². The summed E-state index contributed by atoms with van der Waals surface area (Å²) in [6.45, 7) is 4.61. The van der Waals surface area contributed by atoms with E-state index in [4.69, 9.17) is 5.73 Å². The van der Waals surface area contributed by atoms with Gasteiger partial charge in [0.05, 0.1) is 0 Å². The van der Waals surface area contributed by atoms with E-state index in [1.807, 2.05) is 4.90 Å². The first-order valence-electron chi connectivity index (χ1n) is 8.50. The Balaban J connectivity index is 1.81. The van der Waals surface area contributed by atoms with Crippen molar-refractivity contribution in [2.75, 3.05) is 46.8 Å². The molecule has 0 spiro atoms. The maximum Gasteiger partial charge on any atom is 0.224 e. The van der Waals surface area contributed by atoms with Crippen molar-refractivity contribution in [1.29, 1.82) is 0 Å². The van der Waals surface area contributed by atoms with Gasteiger partial charge in [-0.1, -0.05) is 0 Å². The van der Waals surface area contributed by atoms with Crippen LogP contribution in [0.4, 0.5) is 0 Å². The number of likely N-dealkylation sites (tertiary alicyclic amines) is 2. The Bertz CT molecular complexity index is 320. The van der Waals surface area contributed by atoms with Crippen molar-refractivity contribution in [3.8, 4) is 0 Å². The zero-order valence-corrected chi connectivity index (χ0v) is 13.8. The molecule has 2 N–H and O–H groups in total. The molecule has 0 aromatic heterocycles. The first-order chi connectivity index (χ1) is 10.1. The van der Waals surface area contributed by atoms with Gasteiger partial charge in [-0.25, -0.2) is 0 Å². The normalized spacial score (nSPS) is 23.5. The van der Waals surface area contributed by atoms with Gasteiger partial charge in [-0.15, -0.1) is 0 Å². The van der Waals surface area contributed by atoms with Crippen LogP contribution >= 0.6 is 0 Å². The summed E-state index contributed by atoms with van der Waals surface area (Å²) in [6.07, 6.45) is 6.55. The lowest BCUT2D eigenvalue weighted by Crippen LogP contribution is -2.50. The van der Waals surface area contributed by atoms with E-state index >= 15 is 0 Å². The second kappa shape index (κ2) is 8.11. The molecule has 2 saturated heterocycles. The van der Waals surface area contributed by atoms with Crippen molar-refractivity contribution in [2.45, 2.75) is 50.6 Å². The summed E-state index contributed by atoms with van der Waals surface area (Å²) >= 11 is 0. The van der Waals surface area contributed by atoms with E-state index in [9.17, 15) is 4.79 Å². The fourth-order valence-corrected chi connectivity index (χ4v) is 3.60. The third-order valence-electron chi connectivity index (χ3n) is 5.14. The van der Waals surface area contributed by atoms with Crippen LogP contribution in [0.5, 0.6) is 0 Å². The van der Waals surface area contributed by atoms with E-state index in [-0.39, 0.29) is 6.04 Å². The van der Waals surface area contributed by atoms with Crippen LogP contribution in [0.3, 0.4) is 0 Å². The van der Waals surface area contributed by atoms with Gasteiger partial charge in [0.2, 0.25) is 5.91 Å². The Morgan fingerprint density at radius 1 is 1.14 bits per heavy atom. The van der Waals surface area contributed by atoms with Crippen molar-refractivity contribution >= 4 is 5.91 Å². The summed E-state index contributed by atoms with van der Waals surface area (Å²) < 4.78 is 0. The first-order valence-corrected chi connectivity index (χ1v) is 8.50. The quantitative estimate of drug-likeness (QED) is 0.813. The average molecular weight is 296 g/mol. The Morgan fingerprint density at radius 3 is 2.29 bits per heavy atom. The molecule has 0 bridgehead atoms. The molecule has 1 unspecified atom stereocenters. The molecular formula is C16H32N4O. The van der Waals surface area contributed by atoms with Crippen LogP contribution in [0.15, 0.2) is 0 Å². The van der Waals surface area contributed by atoms with Gasteiger partial charge in [-0.05, 0) is 59.3 Å². The summed E-state index contributed by atoms with van der Waals surface area (Å²) in [5.74, 6) is 0.305.